The highest BCUT2D eigenvalue weighted by Gasteiger charge is 2.14. The van der Waals surface area contributed by atoms with Gasteiger partial charge in [-0.3, -0.25) is 9.59 Å². The Morgan fingerprint density at radius 1 is 0.828 bits per heavy atom. The van der Waals surface area contributed by atoms with Crippen LogP contribution in [0.1, 0.15) is 33.2 Å². The number of ether oxygens (including phenoxy) is 1. The van der Waals surface area contributed by atoms with Crippen LogP contribution in [0.5, 0.6) is 5.75 Å². The molecule has 0 aliphatic rings. The van der Waals surface area contributed by atoms with Gasteiger partial charge in [-0.05, 0) is 55.3 Å². The molecule has 0 saturated heterocycles. The number of carbonyl (C=O) groups is 2. The molecule has 0 fully saturated rings. The van der Waals surface area contributed by atoms with E-state index in [1.807, 2.05) is 37.3 Å². The second-order valence-corrected chi connectivity index (χ2v) is 6.45. The summed E-state index contributed by atoms with van der Waals surface area (Å²) in [5, 5.41) is 5.74. The summed E-state index contributed by atoms with van der Waals surface area (Å²) in [6.45, 7) is 2.99. The Morgan fingerprint density at radius 3 is 2.24 bits per heavy atom. The highest BCUT2D eigenvalue weighted by molar-refractivity contribution is 6.09. The summed E-state index contributed by atoms with van der Waals surface area (Å²) in [5.74, 6) is 0.211. The van der Waals surface area contributed by atoms with Crippen LogP contribution in [0.15, 0.2) is 78.9 Å². The number of benzene rings is 3. The number of carbonyl (C=O) groups excluding carboxylic acids is 2. The van der Waals surface area contributed by atoms with Gasteiger partial charge in [-0.15, -0.1) is 0 Å². The summed E-state index contributed by atoms with van der Waals surface area (Å²) >= 11 is 0. The maximum Gasteiger partial charge on any atom is 0.255 e. The van der Waals surface area contributed by atoms with Crippen molar-refractivity contribution >= 4 is 17.5 Å². The number of hydrogen-bond donors (Lipinski definition) is 2. The average Bonchev–Trinajstić information content (AvgIpc) is 2.75. The number of nitrogens with one attached hydrogen (secondary N) is 2. The Bertz CT molecular complexity index is 953. The molecule has 0 aromatic heterocycles. The monoisotopic (exact) mass is 388 g/mol. The van der Waals surface area contributed by atoms with Crippen LogP contribution < -0.4 is 15.4 Å². The molecule has 5 heteroatoms. The number of para-hydroxylation sites is 1. The van der Waals surface area contributed by atoms with Crippen LogP contribution in [0.25, 0.3) is 0 Å². The van der Waals surface area contributed by atoms with Gasteiger partial charge in [-0.1, -0.05) is 42.5 Å². The molecule has 0 saturated carbocycles. The molecular weight excluding hydrogens is 364 g/mol. The Balaban J connectivity index is 1.63. The second-order valence-electron chi connectivity index (χ2n) is 6.45. The van der Waals surface area contributed by atoms with E-state index in [1.54, 1.807) is 48.5 Å². The van der Waals surface area contributed by atoms with Crippen LogP contribution >= 0.6 is 0 Å². The quantitative estimate of drug-likeness (QED) is 0.604. The summed E-state index contributed by atoms with van der Waals surface area (Å²) in [7, 11) is 0. The number of anilines is 1. The third-order valence-corrected chi connectivity index (χ3v) is 4.39. The van der Waals surface area contributed by atoms with E-state index in [0.29, 0.717) is 35.7 Å². The minimum atomic E-state index is -0.280. The lowest BCUT2D eigenvalue weighted by Gasteiger charge is -2.12. The van der Waals surface area contributed by atoms with Gasteiger partial charge in [-0.25, -0.2) is 0 Å². The van der Waals surface area contributed by atoms with Crippen LogP contribution in [0, 0.1) is 0 Å². The summed E-state index contributed by atoms with van der Waals surface area (Å²) in [6, 6.07) is 23.8. The Hall–Kier alpha value is -3.60. The minimum absolute atomic E-state index is 0.219. The molecule has 0 aliphatic carbocycles. The highest BCUT2D eigenvalue weighted by atomic mass is 16.5. The topological polar surface area (TPSA) is 67.4 Å². The van der Waals surface area contributed by atoms with Crippen molar-refractivity contribution < 1.29 is 14.3 Å². The fourth-order valence-corrected chi connectivity index (χ4v) is 2.91. The predicted molar refractivity (Wildman–Crippen MR) is 114 cm³/mol. The van der Waals surface area contributed by atoms with E-state index in [-0.39, 0.29) is 11.8 Å². The molecule has 0 bridgehead atoms. The lowest BCUT2D eigenvalue weighted by atomic mass is 10.1. The first-order valence-electron chi connectivity index (χ1n) is 9.62. The fourth-order valence-electron chi connectivity index (χ4n) is 2.91. The molecule has 29 heavy (non-hydrogen) atoms. The molecule has 3 aromatic rings. The first-order valence-corrected chi connectivity index (χ1v) is 9.62. The molecule has 0 radical (unpaired) electrons. The SMILES string of the molecule is CCOc1ccc(C(=O)Nc2ccccc2C(=O)NCCc2ccccc2)cc1. The largest absolute Gasteiger partial charge is 0.494 e. The van der Waals surface area contributed by atoms with Gasteiger partial charge >= 0.3 is 0 Å². The van der Waals surface area contributed by atoms with Gasteiger partial charge in [0, 0.05) is 12.1 Å². The molecule has 0 spiro atoms. The van der Waals surface area contributed by atoms with E-state index >= 15 is 0 Å². The van der Waals surface area contributed by atoms with E-state index in [0.717, 1.165) is 12.0 Å². The molecule has 0 atom stereocenters. The first-order chi connectivity index (χ1) is 14.2. The van der Waals surface area contributed by atoms with Crippen molar-refractivity contribution in [1.82, 2.24) is 5.32 Å². The average molecular weight is 388 g/mol. The van der Waals surface area contributed by atoms with E-state index < -0.39 is 0 Å². The van der Waals surface area contributed by atoms with E-state index in [9.17, 15) is 9.59 Å². The lowest BCUT2D eigenvalue weighted by molar-refractivity contribution is 0.0955. The third-order valence-electron chi connectivity index (χ3n) is 4.39. The van der Waals surface area contributed by atoms with Crippen molar-refractivity contribution in [3.63, 3.8) is 0 Å². The van der Waals surface area contributed by atoms with Gasteiger partial charge in [0.25, 0.3) is 11.8 Å². The van der Waals surface area contributed by atoms with Gasteiger partial charge in [0.1, 0.15) is 5.75 Å². The molecule has 0 heterocycles. The van der Waals surface area contributed by atoms with Crippen LogP contribution in [-0.2, 0) is 6.42 Å². The van der Waals surface area contributed by atoms with Gasteiger partial charge in [0.2, 0.25) is 0 Å². The summed E-state index contributed by atoms with van der Waals surface area (Å²) < 4.78 is 5.39. The fraction of sp³-hybridized carbons (Fsp3) is 0.167. The Labute approximate surface area is 170 Å². The molecule has 148 valence electrons. The van der Waals surface area contributed by atoms with Crippen LogP contribution in [-0.4, -0.2) is 25.0 Å². The maximum atomic E-state index is 12.6. The van der Waals surface area contributed by atoms with Crippen LogP contribution in [0.4, 0.5) is 5.69 Å². The Kier molecular flexibility index (Phi) is 7.00. The summed E-state index contributed by atoms with van der Waals surface area (Å²) in [4.78, 5) is 25.2. The molecule has 2 N–H and O–H groups in total. The number of amides is 2. The minimum Gasteiger partial charge on any atom is -0.494 e. The van der Waals surface area contributed by atoms with E-state index in [1.165, 1.54) is 0 Å². The number of hydrogen-bond acceptors (Lipinski definition) is 3. The zero-order chi connectivity index (χ0) is 20.5. The normalized spacial score (nSPS) is 10.2. The van der Waals surface area contributed by atoms with Crippen LogP contribution in [0.3, 0.4) is 0 Å². The van der Waals surface area contributed by atoms with E-state index in [4.69, 9.17) is 4.74 Å². The van der Waals surface area contributed by atoms with Gasteiger partial charge in [-0.2, -0.15) is 0 Å². The molecular formula is C24H24N2O3. The molecule has 3 rings (SSSR count). The predicted octanol–water partition coefficient (Wildman–Crippen LogP) is 4.31. The van der Waals surface area contributed by atoms with Crippen molar-refractivity contribution in [1.29, 1.82) is 0 Å². The second kappa shape index (κ2) is 10.1. The van der Waals surface area contributed by atoms with Crippen molar-refractivity contribution in [3.8, 4) is 5.75 Å². The standard InChI is InChI=1S/C24H24N2O3/c1-2-29-20-14-12-19(13-15-20)23(27)26-22-11-7-6-10-21(22)24(28)25-17-16-18-8-4-3-5-9-18/h3-15H,2,16-17H2,1H3,(H,25,28)(H,26,27). The zero-order valence-electron chi connectivity index (χ0n) is 16.4. The van der Waals surface area contributed by atoms with Crippen LogP contribution in [0.2, 0.25) is 0 Å². The highest BCUT2D eigenvalue weighted by Crippen LogP contribution is 2.18. The van der Waals surface area contributed by atoms with Crippen molar-refractivity contribution in [2.24, 2.45) is 0 Å². The smallest absolute Gasteiger partial charge is 0.255 e. The van der Waals surface area contributed by atoms with Gasteiger partial charge < -0.3 is 15.4 Å². The van der Waals surface area contributed by atoms with Crippen molar-refractivity contribution in [3.05, 3.63) is 95.6 Å². The lowest BCUT2D eigenvalue weighted by Crippen LogP contribution is -2.27. The van der Waals surface area contributed by atoms with Crippen molar-refractivity contribution in [2.75, 3.05) is 18.5 Å². The number of rotatable bonds is 8. The van der Waals surface area contributed by atoms with Crippen molar-refractivity contribution in [2.45, 2.75) is 13.3 Å². The maximum absolute atomic E-state index is 12.6. The third kappa shape index (κ3) is 5.69. The first kappa shape index (κ1) is 20.1. The Morgan fingerprint density at radius 2 is 1.52 bits per heavy atom. The van der Waals surface area contributed by atoms with Gasteiger partial charge in [0.15, 0.2) is 0 Å². The molecule has 0 unspecified atom stereocenters. The molecule has 0 aliphatic heterocycles. The molecule has 5 nitrogen and oxygen atoms in total. The van der Waals surface area contributed by atoms with Gasteiger partial charge in [0.05, 0.1) is 17.9 Å². The summed E-state index contributed by atoms with van der Waals surface area (Å²) in [5.41, 5.74) is 2.56. The summed E-state index contributed by atoms with van der Waals surface area (Å²) in [6.07, 6.45) is 0.743. The molecule has 2 amide bonds. The van der Waals surface area contributed by atoms with E-state index in [2.05, 4.69) is 10.6 Å². The molecule has 3 aromatic carbocycles. The zero-order valence-corrected chi connectivity index (χ0v) is 16.4.